The van der Waals surface area contributed by atoms with Crippen molar-refractivity contribution in [3.05, 3.63) is 35.6 Å². The number of ether oxygens (including phenoxy) is 2. The van der Waals surface area contributed by atoms with Gasteiger partial charge in [0.25, 0.3) is 0 Å². The Hall–Kier alpha value is -1.50. The first kappa shape index (κ1) is 17.3. The van der Waals surface area contributed by atoms with E-state index in [9.17, 15) is 9.18 Å². The van der Waals surface area contributed by atoms with Gasteiger partial charge in [-0.25, -0.2) is 4.39 Å². The van der Waals surface area contributed by atoms with E-state index in [-0.39, 0.29) is 17.1 Å². The van der Waals surface area contributed by atoms with E-state index >= 15 is 0 Å². The van der Waals surface area contributed by atoms with E-state index < -0.39 is 5.54 Å². The minimum absolute atomic E-state index is 0.126. The van der Waals surface area contributed by atoms with Crippen LogP contribution in [0.25, 0.3) is 0 Å². The monoisotopic (exact) mass is 336 g/mol. The summed E-state index contributed by atoms with van der Waals surface area (Å²) >= 11 is 0. The van der Waals surface area contributed by atoms with Crippen LogP contribution in [-0.2, 0) is 19.7 Å². The van der Waals surface area contributed by atoms with E-state index in [1.54, 1.807) is 12.1 Å². The summed E-state index contributed by atoms with van der Waals surface area (Å²) in [5.41, 5.74) is 6.20. The fourth-order valence-corrected chi connectivity index (χ4v) is 3.52. The molecule has 2 saturated heterocycles. The molecule has 0 aliphatic carbocycles. The van der Waals surface area contributed by atoms with Gasteiger partial charge in [-0.1, -0.05) is 12.1 Å². The third-order valence-electron chi connectivity index (χ3n) is 5.33. The van der Waals surface area contributed by atoms with Crippen molar-refractivity contribution in [1.29, 1.82) is 0 Å². The van der Waals surface area contributed by atoms with Gasteiger partial charge in [-0.15, -0.1) is 0 Å². The van der Waals surface area contributed by atoms with E-state index in [4.69, 9.17) is 15.2 Å². The molecule has 5 nitrogen and oxygen atoms in total. The van der Waals surface area contributed by atoms with Crippen molar-refractivity contribution in [2.75, 3.05) is 33.0 Å². The zero-order valence-corrected chi connectivity index (χ0v) is 13.9. The minimum atomic E-state index is -0.854. The molecule has 3 rings (SSSR count). The Morgan fingerprint density at radius 3 is 2.17 bits per heavy atom. The van der Waals surface area contributed by atoms with Crippen LogP contribution in [0.5, 0.6) is 0 Å². The van der Waals surface area contributed by atoms with Gasteiger partial charge in [-0.3, -0.25) is 4.79 Å². The fourth-order valence-electron chi connectivity index (χ4n) is 3.52. The van der Waals surface area contributed by atoms with E-state index in [0.717, 1.165) is 18.4 Å². The molecule has 24 heavy (non-hydrogen) atoms. The summed E-state index contributed by atoms with van der Waals surface area (Å²) < 4.78 is 24.0. The number of carbonyl (C=O) groups is 1. The van der Waals surface area contributed by atoms with Crippen LogP contribution >= 0.6 is 0 Å². The number of nitrogens with one attached hydrogen (secondary N) is 1. The summed E-state index contributed by atoms with van der Waals surface area (Å²) in [5.74, 6) is -0.383. The first-order chi connectivity index (χ1) is 11.5. The van der Waals surface area contributed by atoms with Crippen LogP contribution in [0.3, 0.4) is 0 Å². The molecular formula is C18H25FN2O3. The molecule has 1 aromatic carbocycles. The lowest BCUT2D eigenvalue weighted by Gasteiger charge is -2.39. The van der Waals surface area contributed by atoms with Crippen LogP contribution in [0.15, 0.2) is 24.3 Å². The lowest BCUT2D eigenvalue weighted by molar-refractivity contribution is -0.130. The Balaban J connectivity index is 1.73. The molecule has 6 heteroatoms. The normalized spacial score (nSPS) is 22.8. The number of carbonyl (C=O) groups excluding carboxylic acids is 1. The second kappa shape index (κ2) is 7.17. The van der Waals surface area contributed by atoms with Gasteiger partial charge < -0.3 is 20.5 Å². The van der Waals surface area contributed by atoms with Crippen molar-refractivity contribution in [3.8, 4) is 0 Å². The maximum Gasteiger partial charge on any atom is 0.240 e. The summed E-state index contributed by atoms with van der Waals surface area (Å²) in [6.45, 7) is 2.78. The van der Waals surface area contributed by atoms with Gasteiger partial charge in [0.2, 0.25) is 5.91 Å². The molecular weight excluding hydrogens is 311 g/mol. The molecule has 3 N–H and O–H groups in total. The predicted molar refractivity (Wildman–Crippen MR) is 88.1 cm³/mol. The van der Waals surface area contributed by atoms with Gasteiger partial charge in [0.1, 0.15) is 5.82 Å². The minimum Gasteiger partial charge on any atom is -0.381 e. The molecule has 2 fully saturated rings. The van der Waals surface area contributed by atoms with Gasteiger partial charge in [0.15, 0.2) is 0 Å². The van der Waals surface area contributed by atoms with E-state index in [1.165, 1.54) is 12.1 Å². The Bertz CT molecular complexity index is 564. The van der Waals surface area contributed by atoms with Crippen LogP contribution in [-0.4, -0.2) is 44.4 Å². The molecule has 2 aliphatic heterocycles. The third kappa shape index (κ3) is 3.61. The zero-order valence-electron chi connectivity index (χ0n) is 13.9. The number of nitrogens with two attached hydrogens (primary N) is 1. The van der Waals surface area contributed by atoms with Gasteiger partial charge in [-0.05, 0) is 43.4 Å². The van der Waals surface area contributed by atoms with E-state index in [1.807, 2.05) is 0 Å². The van der Waals surface area contributed by atoms with Crippen LogP contribution in [0, 0.1) is 5.82 Å². The summed E-state index contributed by atoms with van der Waals surface area (Å²) in [5, 5.41) is 3.05. The highest BCUT2D eigenvalue weighted by Gasteiger charge is 2.39. The average Bonchev–Trinajstić information content (AvgIpc) is 2.61. The largest absolute Gasteiger partial charge is 0.381 e. The first-order valence-electron chi connectivity index (χ1n) is 8.53. The van der Waals surface area contributed by atoms with Crippen molar-refractivity contribution in [3.63, 3.8) is 0 Å². The standard InChI is InChI=1S/C18H25FN2O3/c19-15-3-1-14(2-4-15)17(5-9-23-10-6-17)13-21-16(22)18(20)7-11-24-12-8-18/h1-4H,5-13,20H2,(H,21,22). The molecule has 1 aromatic rings. The maximum atomic E-state index is 13.3. The zero-order chi connectivity index (χ0) is 17.0. The average molecular weight is 336 g/mol. The fraction of sp³-hybridized carbons (Fsp3) is 0.611. The molecule has 0 unspecified atom stereocenters. The van der Waals surface area contributed by atoms with Crippen LogP contribution in [0.4, 0.5) is 4.39 Å². The lowest BCUT2D eigenvalue weighted by atomic mass is 9.74. The number of benzene rings is 1. The second-order valence-electron chi connectivity index (χ2n) is 6.85. The quantitative estimate of drug-likeness (QED) is 0.874. The summed E-state index contributed by atoms with van der Waals surface area (Å²) in [7, 11) is 0. The predicted octanol–water partition coefficient (Wildman–Crippen LogP) is 1.50. The molecule has 2 heterocycles. The molecule has 0 spiro atoms. The molecule has 0 saturated carbocycles. The number of hydrogen-bond acceptors (Lipinski definition) is 4. The Morgan fingerprint density at radius 2 is 1.58 bits per heavy atom. The van der Waals surface area contributed by atoms with Gasteiger partial charge in [-0.2, -0.15) is 0 Å². The maximum absolute atomic E-state index is 13.3. The summed E-state index contributed by atoms with van der Waals surface area (Å²) in [6, 6.07) is 6.55. The first-order valence-corrected chi connectivity index (χ1v) is 8.53. The smallest absolute Gasteiger partial charge is 0.240 e. The van der Waals surface area contributed by atoms with Crippen molar-refractivity contribution < 1.29 is 18.7 Å². The third-order valence-corrected chi connectivity index (χ3v) is 5.33. The highest BCUT2D eigenvalue weighted by atomic mass is 19.1. The number of hydrogen-bond donors (Lipinski definition) is 2. The highest BCUT2D eigenvalue weighted by Crippen LogP contribution is 2.34. The van der Waals surface area contributed by atoms with Gasteiger partial charge >= 0.3 is 0 Å². The van der Waals surface area contributed by atoms with Crippen LogP contribution < -0.4 is 11.1 Å². The molecule has 0 radical (unpaired) electrons. The number of halogens is 1. The van der Waals surface area contributed by atoms with Crippen molar-refractivity contribution in [2.24, 2.45) is 5.73 Å². The van der Waals surface area contributed by atoms with Crippen LogP contribution in [0.1, 0.15) is 31.2 Å². The summed E-state index contributed by atoms with van der Waals surface area (Å²) in [6.07, 6.45) is 2.65. The Kier molecular flexibility index (Phi) is 5.18. The van der Waals surface area contributed by atoms with Crippen molar-refractivity contribution in [2.45, 2.75) is 36.6 Å². The van der Waals surface area contributed by atoms with Crippen LogP contribution in [0.2, 0.25) is 0 Å². The highest BCUT2D eigenvalue weighted by molar-refractivity contribution is 5.86. The SMILES string of the molecule is NC1(C(=O)NCC2(c3ccc(F)cc3)CCOCC2)CCOCC1. The molecule has 0 bridgehead atoms. The van der Waals surface area contributed by atoms with Crippen molar-refractivity contribution >= 4 is 5.91 Å². The van der Waals surface area contributed by atoms with Gasteiger partial charge in [0, 0.05) is 38.4 Å². The molecule has 0 aromatic heterocycles. The summed E-state index contributed by atoms with van der Waals surface area (Å²) in [4.78, 5) is 12.6. The van der Waals surface area contributed by atoms with Crippen molar-refractivity contribution in [1.82, 2.24) is 5.32 Å². The van der Waals surface area contributed by atoms with Gasteiger partial charge in [0.05, 0.1) is 5.54 Å². The Morgan fingerprint density at radius 1 is 1.04 bits per heavy atom. The van der Waals surface area contributed by atoms with E-state index in [0.29, 0.717) is 45.8 Å². The lowest BCUT2D eigenvalue weighted by Crippen LogP contribution is -2.59. The molecule has 132 valence electrons. The molecule has 2 aliphatic rings. The number of amides is 1. The molecule has 0 atom stereocenters. The molecule has 1 amide bonds. The number of rotatable bonds is 4. The van der Waals surface area contributed by atoms with E-state index in [2.05, 4.69) is 5.32 Å². The topological polar surface area (TPSA) is 73.6 Å². The second-order valence-corrected chi connectivity index (χ2v) is 6.85. The Labute approximate surface area is 141 Å².